The summed E-state index contributed by atoms with van der Waals surface area (Å²) in [6.45, 7) is 2.30. The van der Waals surface area contributed by atoms with Crippen molar-refractivity contribution in [2.45, 2.75) is 69.1 Å². The number of likely N-dealkylation sites (N-methyl/N-ethyl adjacent to an activating group) is 2. The number of rotatable bonds is 12. The molecule has 1 aliphatic heterocycles. The van der Waals surface area contributed by atoms with Crippen LogP contribution in [0.5, 0.6) is 0 Å². The number of piperazine rings is 1. The number of amides is 4. The monoisotopic (exact) mass is 599 g/mol. The molecule has 226 valence electrons. The zero-order valence-electron chi connectivity index (χ0n) is 24.3. The van der Waals surface area contributed by atoms with Gasteiger partial charge in [-0.05, 0) is 61.7 Å². The van der Waals surface area contributed by atoms with E-state index in [1.165, 1.54) is 19.2 Å². The zero-order chi connectivity index (χ0) is 30.4. The number of benzene rings is 2. The van der Waals surface area contributed by atoms with Crippen molar-refractivity contribution < 1.29 is 23.6 Å². The van der Waals surface area contributed by atoms with E-state index in [1.807, 2.05) is 19.1 Å². The Balaban J connectivity index is 1.58. The van der Waals surface area contributed by atoms with Crippen molar-refractivity contribution >= 4 is 35.2 Å². The van der Waals surface area contributed by atoms with Gasteiger partial charge in [0.25, 0.3) is 0 Å². The van der Waals surface area contributed by atoms with E-state index in [4.69, 9.17) is 11.6 Å². The summed E-state index contributed by atoms with van der Waals surface area (Å²) < 4.78 is 13.6. The summed E-state index contributed by atoms with van der Waals surface area (Å²) >= 11 is 6.03. The molecule has 0 radical (unpaired) electrons. The molecule has 0 aromatic heterocycles. The third-order valence-corrected chi connectivity index (χ3v) is 8.51. The molecule has 2 fully saturated rings. The molecule has 2 aromatic carbocycles. The number of nitrogens with one attached hydrogen (secondary N) is 3. The second-order valence-corrected chi connectivity index (χ2v) is 11.5. The fourth-order valence-corrected chi connectivity index (χ4v) is 5.68. The van der Waals surface area contributed by atoms with Gasteiger partial charge in [0.2, 0.25) is 23.6 Å². The van der Waals surface area contributed by atoms with Crippen LogP contribution < -0.4 is 16.0 Å². The minimum Gasteiger partial charge on any atom is -0.357 e. The maximum Gasteiger partial charge on any atom is 0.246 e. The van der Waals surface area contributed by atoms with Crippen LogP contribution in [0, 0.1) is 5.82 Å². The first-order chi connectivity index (χ1) is 20.1. The second kappa shape index (κ2) is 13.6. The number of carbonyl (C=O) groups excluding carboxylic acids is 4. The number of halogens is 2. The molecular weight excluding hydrogens is 561 g/mol. The van der Waals surface area contributed by atoms with Crippen LogP contribution in [0.4, 0.5) is 4.39 Å². The molecule has 4 amide bonds. The lowest BCUT2D eigenvalue weighted by atomic mass is 9.97. The van der Waals surface area contributed by atoms with Gasteiger partial charge >= 0.3 is 0 Å². The van der Waals surface area contributed by atoms with Crippen molar-refractivity contribution in [2.75, 3.05) is 27.2 Å². The number of carbonyl (C=O) groups is 4. The first-order valence-electron chi connectivity index (χ1n) is 14.4. The number of nitrogens with zero attached hydrogens (tertiary/aromatic N) is 2. The zero-order valence-corrected chi connectivity index (χ0v) is 25.0. The largest absolute Gasteiger partial charge is 0.357 e. The average molecular weight is 600 g/mol. The Morgan fingerprint density at radius 2 is 1.62 bits per heavy atom. The van der Waals surface area contributed by atoms with E-state index < -0.39 is 29.5 Å². The van der Waals surface area contributed by atoms with E-state index in [1.54, 1.807) is 41.1 Å². The van der Waals surface area contributed by atoms with Crippen LogP contribution in [0.25, 0.3) is 0 Å². The van der Waals surface area contributed by atoms with Gasteiger partial charge < -0.3 is 25.8 Å². The molecule has 1 saturated heterocycles. The van der Waals surface area contributed by atoms with Crippen molar-refractivity contribution in [3.05, 3.63) is 70.5 Å². The van der Waals surface area contributed by atoms with E-state index in [-0.39, 0.29) is 43.1 Å². The summed E-state index contributed by atoms with van der Waals surface area (Å²) in [5, 5.41) is 9.22. The third-order valence-electron chi connectivity index (χ3n) is 8.26. The van der Waals surface area contributed by atoms with Crippen LogP contribution >= 0.6 is 11.6 Å². The van der Waals surface area contributed by atoms with Crippen molar-refractivity contribution in [3.8, 4) is 0 Å². The summed E-state index contributed by atoms with van der Waals surface area (Å²) in [7, 11) is 3.25. The molecule has 4 rings (SSSR count). The Hall–Kier alpha value is -3.50. The molecule has 42 heavy (non-hydrogen) atoms. The first-order valence-corrected chi connectivity index (χ1v) is 14.8. The summed E-state index contributed by atoms with van der Waals surface area (Å²) in [6, 6.07) is 10.4. The summed E-state index contributed by atoms with van der Waals surface area (Å²) in [5.74, 6) is -1.64. The SMILES string of the molecule is CCCC1C(=O)N(C(Cc2ccc(Cl)cc2)C(=O)NC)CCN1C(=O)C(Cc1ccc(F)cc1)NC(=O)C1(NC)CC1. The fraction of sp³-hybridized carbons (Fsp3) is 0.484. The predicted molar refractivity (Wildman–Crippen MR) is 158 cm³/mol. The molecule has 3 atom stereocenters. The Morgan fingerprint density at radius 1 is 1.00 bits per heavy atom. The average Bonchev–Trinajstić information content (AvgIpc) is 3.80. The molecule has 2 aliphatic rings. The Morgan fingerprint density at radius 3 is 2.19 bits per heavy atom. The highest BCUT2D eigenvalue weighted by atomic mass is 35.5. The molecule has 3 N–H and O–H groups in total. The van der Waals surface area contributed by atoms with Gasteiger partial charge in [-0.2, -0.15) is 0 Å². The van der Waals surface area contributed by atoms with E-state index in [9.17, 15) is 23.6 Å². The minimum atomic E-state index is -0.948. The third kappa shape index (κ3) is 7.10. The van der Waals surface area contributed by atoms with Gasteiger partial charge in [-0.3, -0.25) is 19.2 Å². The van der Waals surface area contributed by atoms with Gasteiger partial charge in [-0.1, -0.05) is 49.2 Å². The van der Waals surface area contributed by atoms with Crippen LogP contribution in [-0.2, 0) is 32.0 Å². The molecule has 0 spiro atoms. The van der Waals surface area contributed by atoms with Crippen LogP contribution in [0.1, 0.15) is 43.7 Å². The van der Waals surface area contributed by atoms with E-state index >= 15 is 0 Å². The molecular formula is C31H39ClFN5O4. The lowest BCUT2D eigenvalue weighted by Crippen LogP contribution is -2.66. The molecule has 1 heterocycles. The van der Waals surface area contributed by atoms with Crippen LogP contribution in [0.2, 0.25) is 5.02 Å². The highest BCUT2D eigenvalue weighted by molar-refractivity contribution is 6.30. The van der Waals surface area contributed by atoms with Gasteiger partial charge in [-0.25, -0.2) is 4.39 Å². The van der Waals surface area contributed by atoms with Gasteiger partial charge in [0.1, 0.15) is 23.9 Å². The standard InChI is InChI=1S/C31H39ClFN5O4/c1-4-5-25-29(41)38(26(27(39)34-2)19-21-6-10-22(32)11-7-21)17-16-37(25)28(40)24(18-20-8-12-23(33)13-9-20)36-30(42)31(35-3)14-15-31/h6-13,24-26,35H,4-5,14-19H2,1-3H3,(H,34,39)(H,36,42). The molecule has 3 unspecified atom stereocenters. The van der Waals surface area contributed by atoms with E-state index in [0.717, 1.165) is 5.56 Å². The maximum absolute atomic E-state index is 14.1. The highest BCUT2D eigenvalue weighted by Crippen LogP contribution is 2.35. The molecule has 2 aromatic rings. The minimum absolute atomic E-state index is 0.148. The van der Waals surface area contributed by atoms with Crippen molar-refractivity contribution in [1.82, 2.24) is 25.8 Å². The molecule has 11 heteroatoms. The Labute approximate surface area is 251 Å². The lowest BCUT2D eigenvalue weighted by Gasteiger charge is -2.44. The lowest BCUT2D eigenvalue weighted by molar-refractivity contribution is -0.157. The van der Waals surface area contributed by atoms with Crippen LogP contribution in [0.3, 0.4) is 0 Å². The second-order valence-electron chi connectivity index (χ2n) is 11.0. The summed E-state index contributed by atoms with van der Waals surface area (Å²) in [4.78, 5) is 57.4. The van der Waals surface area contributed by atoms with Gasteiger partial charge in [0, 0.05) is 38.0 Å². The van der Waals surface area contributed by atoms with Crippen LogP contribution in [0.15, 0.2) is 48.5 Å². The van der Waals surface area contributed by atoms with E-state index in [2.05, 4.69) is 16.0 Å². The Bertz CT molecular complexity index is 1290. The topological polar surface area (TPSA) is 111 Å². The van der Waals surface area contributed by atoms with Gasteiger partial charge in [0.15, 0.2) is 0 Å². The molecule has 9 nitrogen and oxygen atoms in total. The normalized spacial score (nSPS) is 19.2. The van der Waals surface area contributed by atoms with E-state index in [0.29, 0.717) is 42.7 Å². The summed E-state index contributed by atoms with van der Waals surface area (Å²) in [6.07, 6.45) is 2.81. The maximum atomic E-state index is 14.1. The fourth-order valence-electron chi connectivity index (χ4n) is 5.56. The van der Waals surface area contributed by atoms with Crippen molar-refractivity contribution in [3.63, 3.8) is 0 Å². The highest BCUT2D eigenvalue weighted by Gasteiger charge is 2.50. The van der Waals surface area contributed by atoms with Crippen molar-refractivity contribution in [1.29, 1.82) is 0 Å². The number of hydrogen-bond acceptors (Lipinski definition) is 5. The Kier molecular flexibility index (Phi) is 10.2. The van der Waals surface area contributed by atoms with Crippen molar-refractivity contribution in [2.24, 2.45) is 0 Å². The predicted octanol–water partition coefficient (Wildman–Crippen LogP) is 2.46. The summed E-state index contributed by atoms with van der Waals surface area (Å²) in [5.41, 5.74) is 0.831. The molecule has 0 bridgehead atoms. The quantitative estimate of drug-likeness (QED) is 0.347. The van der Waals surface area contributed by atoms with Gasteiger partial charge in [0.05, 0.1) is 5.54 Å². The molecule has 1 saturated carbocycles. The molecule has 1 aliphatic carbocycles. The number of hydrogen-bond donors (Lipinski definition) is 3. The smallest absolute Gasteiger partial charge is 0.246 e. The first kappa shape index (κ1) is 31.4. The van der Waals surface area contributed by atoms with Gasteiger partial charge in [-0.15, -0.1) is 0 Å². The van der Waals surface area contributed by atoms with Crippen LogP contribution in [-0.4, -0.2) is 84.3 Å².